The van der Waals surface area contributed by atoms with E-state index in [2.05, 4.69) is 10.6 Å². The quantitative estimate of drug-likeness (QED) is 0.312. The summed E-state index contributed by atoms with van der Waals surface area (Å²) in [5.74, 6) is -1.20. The van der Waals surface area contributed by atoms with Crippen LogP contribution in [0.3, 0.4) is 0 Å². The molecular weight excluding hydrogens is 472 g/mol. The summed E-state index contributed by atoms with van der Waals surface area (Å²) in [7, 11) is 0. The summed E-state index contributed by atoms with van der Waals surface area (Å²) in [6, 6.07) is 14.7. The van der Waals surface area contributed by atoms with Crippen molar-refractivity contribution in [3.8, 4) is 11.8 Å². The van der Waals surface area contributed by atoms with Crippen molar-refractivity contribution < 1.29 is 24.2 Å². The van der Waals surface area contributed by atoms with Crippen LogP contribution in [0.25, 0.3) is 0 Å². The number of nitrogens with one attached hydrogen (secondary N) is 2. The summed E-state index contributed by atoms with van der Waals surface area (Å²) in [5, 5.41) is 25.1. The van der Waals surface area contributed by atoms with E-state index in [9.17, 15) is 24.8 Å². The molecule has 0 saturated heterocycles. The lowest BCUT2D eigenvalue weighted by molar-refractivity contribution is -0.141. The third-order valence-electron chi connectivity index (χ3n) is 5.37. The maximum absolute atomic E-state index is 13.9. The Hall–Kier alpha value is -4.06. The van der Waals surface area contributed by atoms with Crippen LogP contribution in [0.5, 0.6) is 5.75 Å². The van der Waals surface area contributed by atoms with Crippen LogP contribution in [0, 0.1) is 11.3 Å². The number of rotatable bonds is 11. The number of aromatic hydroxyl groups is 1. The fourth-order valence-electron chi connectivity index (χ4n) is 3.73. The molecule has 0 heterocycles. The van der Waals surface area contributed by atoms with Crippen LogP contribution in [0.4, 0.5) is 4.79 Å². The van der Waals surface area contributed by atoms with Crippen molar-refractivity contribution in [2.45, 2.75) is 64.6 Å². The van der Waals surface area contributed by atoms with E-state index in [0.717, 1.165) is 23.3 Å². The number of benzene rings is 2. The van der Waals surface area contributed by atoms with E-state index in [4.69, 9.17) is 4.74 Å². The summed E-state index contributed by atoms with van der Waals surface area (Å²) >= 11 is 0. The second-order valence-corrected chi connectivity index (χ2v) is 9.65. The number of hydrogen-bond donors (Lipinski definition) is 3. The second kappa shape index (κ2) is 13.9. The molecule has 2 aromatic rings. The van der Waals surface area contributed by atoms with Crippen LogP contribution in [0.15, 0.2) is 54.6 Å². The molecule has 2 aromatic carbocycles. The summed E-state index contributed by atoms with van der Waals surface area (Å²) < 4.78 is 5.37. The van der Waals surface area contributed by atoms with Gasteiger partial charge in [-0.15, -0.1) is 0 Å². The predicted octanol–water partition coefficient (Wildman–Crippen LogP) is 3.84. The normalized spacial score (nSPS) is 12.5. The molecule has 0 radical (unpaired) electrons. The minimum Gasteiger partial charge on any atom is -0.508 e. The zero-order valence-electron chi connectivity index (χ0n) is 21.9. The fraction of sp³-hybridized carbons (Fsp3) is 0.429. The van der Waals surface area contributed by atoms with Gasteiger partial charge in [0.25, 0.3) is 0 Å². The summed E-state index contributed by atoms with van der Waals surface area (Å²) in [5.41, 5.74) is 0.323. The Balaban J connectivity index is 2.48. The number of carbonyl (C=O) groups excluding carboxylic acids is 3. The Morgan fingerprint density at radius 3 is 2.41 bits per heavy atom. The molecule has 2 unspecified atom stereocenters. The maximum atomic E-state index is 13.9. The molecule has 37 heavy (non-hydrogen) atoms. The van der Waals surface area contributed by atoms with Crippen molar-refractivity contribution in [2.24, 2.45) is 0 Å². The SMILES string of the molecule is CCCCNC(=O)C(c1cccc(O)c1)N(CC#N)C(=O)C(Cc1ccccc1)NC(=O)OC(C)(C)C. The van der Waals surface area contributed by atoms with Crippen LogP contribution < -0.4 is 10.6 Å². The first-order valence-electron chi connectivity index (χ1n) is 12.3. The lowest BCUT2D eigenvalue weighted by Crippen LogP contribution is -2.54. The molecule has 0 bridgehead atoms. The Bertz CT molecular complexity index is 1090. The highest BCUT2D eigenvalue weighted by Gasteiger charge is 2.36. The number of amides is 3. The zero-order chi connectivity index (χ0) is 27.4. The van der Waals surface area contributed by atoms with Gasteiger partial charge in [-0.25, -0.2) is 4.79 Å². The van der Waals surface area contributed by atoms with Gasteiger partial charge in [0.05, 0.1) is 6.07 Å². The van der Waals surface area contributed by atoms with Crippen LogP contribution >= 0.6 is 0 Å². The molecule has 0 fully saturated rings. The fourth-order valence-corrected chi connectivity index (χ4v) is 3.73. The summed E-state index contributed by atoms with van der Waals surface area (Å²) in [6.07, 6.45) is 0.920. The van der Waals surface area contributed by atoms with Gasteiger partial charge < -0.3 is 25.4 Å². The van der Waals surface area contributed by atoms with Crippen LogP contribution in [0.1, 0.15) is 57.7 Å². The predicted molar refractivity (Wildman–Crippen MR) is 139 cm³/mol. The first kappa shape index (κ1) is 29.2. The van der Waals surface area contributed by atoms with Gasteiger partial charge in [0.15, 0.2) is 0 Å². The van der Waals surface area contributed by atoms with E-state index in [1.54, 1.807) is 32.9 Å². The van der Waals surface area contributed by atoms with Crippen molar-refractivity contribution in [2.75, 3.05) is 13.1 Å². The first-order valence-corrected chi connectivity index (χ1v) is 12.3. The van der Waals surface area contributed by atoms with E-state index in [1.165, 1.54) is 12.1 Å². The zero-order valence-corrected chi connectivity index (χ0v) is 21.9. The summed E-state index contributed by atoms with van der Waals surface area (Å²) in [6.45, 7) is 7.09. The van der Waals surface area contributed by atoms with Gasteiger partial charge in [-0.05, 0) is 50.5 Å². The van der Waals surface area contributed by atoms with Crippen molar-refractivity contribution in [1.82, 2.24) is 15.5 Å². The number of ether oxygens (including phenoxy) is 1. The molecule has 3 N–H and O–H groups in total. The highest BCUT2D eigenvalue weighted by molar-refractivity contribution is 5.92. The average molecular weight is 509 g/mol. The molecule has 198 valence electrons. The van der Waals surface area contributed by atoms with E-state index in [0.29, 0.717) is 12.1 Å². The summed E-state index contributed by atoms with van der Waals surface area (Å²) in [4.78, 5) is 41.0. The third kappa shape index (κ3) is 9.49. The Labute approximate surface area is 218 Å². The monoisotopic (exact) mass is 508 g/mol. The van der Waals surface area contributed by atoms with E-state index >= 15 is 0 Å². The molecule has 0 aliphatic carbocycles. The first-order chi connectivity index (χ1) is 17.6. The lowest BCUT2D eigenvalue weighted by atomic mass is 10.00. The van der Waals surface area contributed by atoms with E-state index < -0.39 is 42.1 Å². The minimum atomic E-state index is -1.20. The van der Waals surface area contributed by atoms with Gasteiger partial charge in [0.2, 0.25) is 11.8 Å². The van der Waals surface area contributed by atoms with Crippen molar-refractivity contribution >= 4 is 17.9 Å². The molecule has 0 aromatic heterocycles. The van der Waals surface area contributed by atoms with Crippen LogP contribution in [-0.4, -0.2) is 52.6 Å². The highest BCUT2D eigenvalue weighted by atomic mass is 16.6. The van der Waals surface area contributed by atoms with E-state index in [-0.39, 0.29) is 12.2 Å². The molecule has 9 heteroatoms. The van der Waals surface area contributed by atoms with Gasteiger partial charge in [-0.2, -0.15) is 5.26 Å². The standard InChI is InChI=1S/C28H36N4O5/c1-5-6-16-30-25(34)24(21-13-10-14-22(33)19-21)32(17-15-29)26(35)23(18-20-11-8-7-9-12-20)31-27(36)37-28(2,3)4/h7-14,19,23-24,33H,5-6,16-18H2,1-4H3,(H,30,34)(H,31,36). The van der Waals surface area contributed by atoms with Gasteiger partial charge in [0.1, 0.15) is 30.0 Å². The number of phenolic OH excluding ortho intramolecular Hbond substituents is 1. The van der Waals surface area contributed by atoms with Crippen molar-refractivity contribution in [1.29, 1.82) is 5.26 Å². The van der Waals surface area contributed by atoms with Crippen LogP contribution in [0.2, 0.25) is 0 Å². The van der Waals surface area contributed by atoms with Crippen molar-refractivity contribution in [3.05, 3.63) is 65.7 Å². The van der Waals surface area contributed by atoms with Crippen LogP contribution in [-0.2, 0) is 20.7 Å². The molecule has 9 nitrogen and oxygen atoms in total. The number of alkyl carbamates (subject to hydrolysis) is 1. The molecule has 0 saturated carbocycles. The molecule has 2 atom stereocenters. The Kier molecular flexibility index (Phi) is 10.9. The van der Waals surface area contributed by atoms with Gasteiger partial charge >= 0.3 is 6.09 Å². The maximum Gasteiger partial charge on any atom is 0.408 e. The Morgan fingerprint density at radius 2 is 1.81 bits per heavy atom. The van der Waals surface area contributed by atoms with Crippen molar-refractivity contribution in [3.63, 3.8) is 0 Å². The third-order valence-corrected chi connectivity index (χ3v) is 5.37. The van der Waals surface area contributed by atoms with Gasteiger partial charge in [-0.3, -0.25) is 9.59 Å². The number of hydrogen-bond acceptors (Lipinski definition) is 6. The van der Waals surface area contributed by atoms with Gasteiger partial charge in [-0.1, -0.05) is 55.8 Å². The highest BCUT2D eigenvalue weighted by Crippen LogP contribution is 2.26. The van der Waals surface area contributed by atoms with E-state index in [1.807, 2.05) is 43.3 Å². The molecule has 0 spiro atoms. The number of nitriles is 1. The minimum absolute atomic E-state index is 0.0825. The lowest BCUT2D eigenvalue weighted by Gasteiger charge is -2.33. The second-order valence-electron chi connectivity index (χ2n) is 9.65. The van der Waals surface area contributed by atoms with Gasteiger partial charge in [0, 0.05) is 13.0 Å². The molecule has 0 aliphatic rings. The number of unbranched alkanes of at least 4 members (excludes halogenated alkanes) is 1. The Morgan fingerprint density at radius 1 is 1.11 bits per heavy atom. The molecular formula is C28H36N4O5. The number of nitrogens with zero attached hydrogens (tertiary/aromatic N) is 2. The number of phenols is 1. The topological polar surface area (TPSA) is 132 Å². The smallest absolute Gasteiger partial charge is 0.408 e. The average Bonchev–Trinajstić information content (AvgIpc) is 2.82. The largest absolute Gasteiger partial charge is 0.508 e. The molecule has 3 amide bonds. The molecule has 0 aliphatic heterocycles. The molecule has 2 rings (SSSR count). The number of carbonyl (C=O) groups is 3.